The minimum atomic E-state index is -0.404. The average molecular weight is 345 g/mol. The molecule has 0 aliphatic carbocycles. The number of carbonyl (C=O) groups is 2. The lowest BCUT2D eigenvalue weighted by molar-refractivity contribution is -0.131. The molecule has 2 N–H and O–H groups in total. The molecule has 0 aromatic heterocycles. The van der Waals surface area contributed by atoms with Crippen LogP contribution in [0.2, 0.25) is 5.02 Å². The van der Waals surface area contributed by atoms with Gasteiger partial charge in [-0.05, 0) is 29.7 Å². The number of benzene rings is 2. The summed E-state index contributed by atoms with van der Waals surface area (Å²) in [7, 11) is 0. The van der Waals surface area contributed by atoms with E-state index in [-0.39, 0.29) is 18.7 Å². The second-order valence-electron chi connectivity index (χ2n) is 5.64. The number of rotatable bonds is 8. The number of carbonyl (C=O) groups excluding carboxylic acids is 2. The van der Waals surface area contributed by atoms with Crippen LogP contribution < -0.4 is 5.73 Å². The minimum absolute atomic E-state index is 0.0190. The predicted molar refractivity (Wildman–Crippen MR) is 95.7 cm³/mol. The molecule has 126 valence electrons. The van der Waals surface area contributed by atoms with E-state index >= 15 is 0 Å². The highest BCUT2D eigenvalue weighted by Crippen LogP contribution is 2.11. The Balaban J connectivity index is 1.99. The largest absolute Gasteiger partial charge is 0.370 e. The molecule has 0 saturated heterocycles. The maximum absolute atomic E-state index is 12.6. The van der Waals surface area contributed by atoms with Crippen LogP contribution in [0.1, 0.15) is 17.5 Å². The third-order valence-corrected chi connectivity index (χ3v) is 4.01. The van der Waals surface area contributed by atoms with Crippen molar-refractivity contribution >= 4 is 23.4 Å². The van der Waals surface area contributed by atoms with Crippen molar-refractivity contribution in [1.29, 1.82) is 0 Å². The molecule has 0 aliphatic rings. The van der Waals surface area contributed by atoms with Crippen molar-refractivity contribution in [2.45, 2.75) is 19.3 Å². The molecular weight excluding hydrogens is 324 g/mol. The van der Waals surface area contributed by atoms with Crippen LogP contribution in [0.25, 0.3) is 0 Å². The number of amides is 2. The van der Waals surface area contributed by atoms with E-state index in [0.717, 1.165) is 17.5 Å². The van der Waals surface area contributed by atoms with Crippen LogP contribution >= 0.6 is 11.6 Å². The molecule has 2 aromatic carbocycles. The third kappa shape index (κ3) is 6.05. The quantitative estimate of drug-likeness (QED) is 0.800. The molecule has 2 aromatic rings. The molecule has 0 radical (unpaired) electrons. The first kappa shape index (κ1) is 18.0. The summed E-state index contributed by atoms with van der Waals surface area (Å²) in [5, 5.41) is 0.640. The maximum atomic E-state index is 12.6. The zero-order valence-corrected chi connectivity index (χ0v) is 14.2. The van der Waals surface area contributed by atoms with Crippen LogP contribution in [-0.4, -0.2) is 29.8 Å². The fourth-order valence-corrected chi connectivity index (χ4v) is 2.53. The molecule has 0 fully saturated rings. The first-order valence-corrected chi connectivity index (χ1v) is 8.27. The lowest BCUT2D eigenvalue weighted by Gasteiger charge is -2.22. The van der Waals surface area contributed by atoms with E-state index in [4.69, 9.17) is 17.3 Å². The van der Waals surface area contributed by atoms with Gasteiger partial charge >= 0.3 is 0 Å². The van der Waals surface area contributed by atoms with Crippen molar-refractivity contribution in [2.24, 2.45) is 5.73 Å². The van der Waals surface area contributed by atoms with Crippen molar-refractivity contribution in [3.05, 3.63) is 70.7 Å². The summed E-state index contributed by atoms with van der Waals surface area (Å²) in [6.45, 7) is 0.901. The summed E-state index contributed by atoms with van der Waals surface area (Å²) in [5.74, 6) is -0.423. The number of nitrogens with zero attached hydrogens (tertiary/aromatic N) is 1. The topological polar surface area (TPSA) is 63.4 Å². The predicted octanol–water partition coefficient (Wildman–Crippen LogP) is 2.83. The first-order chi connectivity index (χ1) is 11.5. The summed E-state index contributed by atoms with van der Waals surface area (Å²) in [4.78, 5) is 25.3. The molecular formula is C19H21ClN2O2. The summed E-state index contributed by atoms with van der Waals surface area (Å²) in [6, 6.07) is 17.2. The van der Waals surface area contributed by atoms with Gasteiger partial charge in [0.25, 0.3) is 0 Å². The van der Waals surface area contributed by atoms with Crippen LogP contribution in [0.3, 0.4) is 0 Å². The number of primary amides is 1. The molecule has 0 spiro atoms. The van der Waals surface area contributed by atoms with Crippen molar-refractivity contribution in [3.63, 3.8) is 0 Å². The number of halogens is 1. The van der Waals surface area contributed by atoms with E-state index < -0.39 is 5.91 Å². The van der Waals surface area contributed by atoms with Crippen molar-refractivity contribution in [3.8, 4) is 0 Å². The normalized spacial score (nSPS) is 10.4. The van der Waals surface area contributed by atoms with Gasteiger partial charge in [0.1, 0.15) is 0 Å². The molecule has 2 rings (SSSR count). The smallest absolute Gasteiger partial charge is 0.227 e. The summed E-state index contributed by atoms with van der Waals surface area (Å²) < 4.78 is 0. The molecule has 0 aliphatic heterocycles. The van der Waals surface area contributed by atoms with Gasteiger partial charge in [-0.25, -0.2) is 0 Å². The molecule has 24 heavy (non-hydrogen) atoms. The fraction of sp³-hybridized carbons (Fsp3) is 0.263. The first-order valence-electron chi connectivity index (χ1n) is 7.89. The number of nitrogens with two attached hydrogens (primary N) is 1. The Hall–Kier alpha value is -2.33. The Labute approximate surface area is 147 Å². The minimum Gasteiger partial charge on any atom is -0.370 e. The van der Waals surface area contributed by atoms with Gasteiger partial charge in [-0.3, -0.25) is 9.59 Å². The SMILES string of the molecule is NC(=O)CCN(CCc1ccccc1)C(=O)Cc1ccc(Cl)cc1. The van der Waals surface area contributed by atoms with E-state index in [9.17, 15) is 9.59 Å². The lowest BCUT2D eigenvalue weighted by atomic mass is 10.1. The molecule has 0 atom stereocenters. The Kier molecular flexibility index (Phi) is 6.82. The molecule has 0 saturated carbocycles. The molecule has 2 amide bonds. The molecule has 0 bridgehead atoms. The van der Waals surface area contributed by atoms with E-state index in [1.165, 1.54) is 0 Å². The van der Waals surface area contributed by atoms with Gasteiger partial charge in [-0.15, -0.1) is 0 Å². The van der Waals surface area contributed by atoms with Crippen molar-refractivity contribution in [1.82, 2.24) is 4.90 Å². The van der Waals surface area contributed by atoms with E-state index in [2.05, 4.69) is 0 Å². The number of hydrogen-bond donors (Lipinski definition) is 1. The van der Waals surface area contributed by atoms with Crippen molar-refractivity contribution in [2.75, 3.05) is 13.1 Å². The van der Waals surface area contributed by atoms with Gasteiger partial charge in [0.15, 0.2) is 0 Å². The molecule has 4 nitrogen and oxygen atoms in total. The van der Waals surface area contributed by atoms with Crippen LogP contribution in [-0.2, 0) is 22.4 Å². The second kappa shape index (κ2) is 9.08. The highest BCUT2D eigenvalue weighted by molar-refractivity contribution is 6.30. The Morgan fingerprint density at radius 3 is 2.21 bits per heavy atom. The average Bonchev–Trinajstić information content (AvgIpc) is 2.57. The van der Waals surface area contributed by atoms with Crippen LogP contribution in [0.4, 0.5) is 0 Å². The Morgan fingerprint density at radius 2 is 1.58 bits per heavy atom. The molecule has 0 unspecified atom stereocenters. The zero-order valence-electron chi connectivity index (χ0n) is 13.5. The Bertz CT molecular complexity index is 672. The van der Waals surface area contributed by atoms with Gasteiger partial charge in [0.2, 0.25) is 11.8 Å². The van der Waals surface area contributed by atoms with Gasteiger partial charge < -0.3 is 10.6 Å². The van der Waals surface area contributed by atoms with Crippen LogP contribution in [0.15, 0.2) is 54.6 Å². The van der Waals surface area contributed by atoms with Crippen LogP contribution in [0.5, 0.6) is 0 Å². The summed E-state index contributed by atoms with van der Waals surface area (Å²) >= 11 is 5.87. The second-order valence-corrected chi connectivity index (χ2v) is 6.07. The fourth-order valence-electron chi connectivity index (χ4n) is 2.40. The summed E-state index contributed by atoms with van der Waals surface area (Å²) in [5.41, 5.74) is 7.28. The van der Waals surface area contributed by atoms with Gasteiger partial charge in [0.05, 0.1) is 6.42 Å². The third-order valence-electron chi connectivity index (χ3n) is 3.76. The zero-order chi connectivity index (χ0) is 17.4. The highest BCUT2D eigenvalue weighted by atomic mass is 35.5. The Morgan fingerprint density at radius 1 is 0.917 bits per heavy atom. The molecule has 0 heterocycles. The maximum Gasteiger partial charge on any atom is 0.227 e. The number of hydrogen-bond acceptors (Lipinski definition) is 2. The van der Waals surface area contributed by atoms with Gasteiger partial charge in [-0.1, -0.05) is 54.1 Å². The van der Waals surface area contributed by atoms with Gasteiger partial charge in [-0.2, -0.15) is 0 Å². The van der Waals surface area contributed by atoms with E-state index in [0.29, 0.717) is 18.1 Å². The summed E-state index contributed by atoms with van der Waals surface area (Å²) in [6.07, 6.45) is 1.19. The standard InChI is InChI=1S/C19H21ClN2O2/c20-17-8-6-16(7-9-17)14-19(24)22(13-11-18(21)23)12-10-15-4-2-1-3-5-15/h1-9H,10-14H2,(H2,21,23). The van der Waals surface area contributed by atoms with Gasteiger partial charge in [0, 0.05) is 24.5 Å². The van der Waals surface area contributed by atoms with E-state index in [1.54, 1.807) is 17.0 Å². The van der Waals surface area contributed by atoms with E-state index in [1.807, 2.05) is 42.5 Å². The lowest BCUT2D eigenvalue weighted by Crippen LogP contribution is -2.36. The van der Waals surface area contributed by atoms with Crippen LogP contribution in [0, 0.1) is 0 Å². The highest BCUT2D eigenvalue weighted by Gasteiger charge is 2.15. The monoisotopic (exact) mass is 344 g/mol. The van der Waals surface area contributed by atoms with Crippen molar-refractivity contribution < 1.29 is 9.59 Å². The molecule has 5 heteroatoms.